The summed E-state index contributed by atoms with van der Waals surface area (Å²) in [5, 5.41) is 3.80. The summed E-state index contributed by atoms with van der Waals surface area (Å²) in [5.41, 5.74) is 0. The summed E-state index contributed by atoms with van der Waals surface area (Å²) in [4.78, 5) is 2.52. The fourth-order valence-electron chi connectivity index (χ4n) is 3.27. The van der Waals surface area contributed by atoms with Crippen molar-refractivity contribution in [3.8, 4) is 0 Å². The molecular formula is C14H28N2. The van der Waals surface area contributed by atoms with Crippen LogP contribution < -0.4 is 5.32 Å². The lowest BCUT2D eigenvalue weighted by atomic mass is 9.79. The molecular weight excluding hydrogens is 196 g/mol. The van der Waals surface area contributed by atoms with E-state index < -0.39 is 0 Å². The zero-order valence-corrected chi connectivity index (χ0v) is 11.2. The molecule has 0 aromatic heterocycles. The van der Waals surface area contributed by atoms with E-state index in [1.165, 1.54) is 45.2 Å². The molecule has 1 aliphatic carbocycles. The molecule has 4 atom stereocenters. The number of likely N-dealkylation sites (tertiary alicyclic amines) is 1. The fraction of sp³-hybridized carbons (Fsp3) is 1.00. The predicted octanol–water partition coefficient (Wildman–Crippen LogP) is 2.49. The zero-order chi connectivity index (χ0) is 11.5. The maximum absolute atomic E-state index is 3.80. The van der Waals surface area contributed by atoms with Crippen molar-refractivity contribution in [1.29, 1.82) is 0 Å². The zero-order valence-electron chi connectivity index (χ0n) is 11.2. The van der Waals surface area contributed by atoms with E-state index in [0.29, 0.717) is 0 Å². The third kappa shape index (κ3) is 2.98. The van der Waals surface area contributed by atoms with E-state index >= 15 is 0 Å². The largest absolute Gasteiger partial charge is 0.312 e. The van der Waals surface area contributed by atoms with Crippen molar-refractivity contribution in [2.45, 2.75) is 58.0 Å². The molecule has 1 saturated heterocycles. The summed E-state index contributed by atoms with van der Waals surface area (Å²) in [5.74, 6) is 1.85. The summed E-state index contributed by atoms with van der Waals surface area (Å²) < 4.78 is 0. The number of nitrogens with one attached hydrogen (secondary N) is 1. The third-order valence-corrected chi connectivity index (χ3v) is 4.91. The van der Waals surface area contributed by atoms with Gasteiger partial charge < -0.3 is 10.2 Å². The molecule has 1 N–H and O–H groups in total. The second kappa shape index (κ2) is 5.50. The molecule has 16 heavy (non-hydrogen) atoms. The molecule has 0 radical (unpaired) electrons. The van der Waals surface area contributed by atoms with Crippen molar-refractivity contribution in [1.82, 2.24) is 10.2 Å². The number of nitrogens with zero attached hydrogens (tertiary/aromatic N) is 1. The van der Waals surface area contributed by atoms with Gasteiger partial charge >= 0.3 is 0 Å². The van der Waals surface area contributed by atoms with Crippen LogP contribution in [0.1, 0.15) is 46.0 Å². The van der Waals surface area contributed by atoms with Gasteiger partial charge in [0.05, 0.1) is 0 Å². The minimum atomic E-state index is 0.792. The summed E-state index contributed by atoms with van der Waals surface area (Å²) in [6.07, 6.45) is 6.97. The lowest BCUT2D eigenvalue weighted by molar-refractivity contribution is 0.211. The first kappa shape index (κ1) is 12.4. The minimum absolute atomic E-state index is 0.792. The Hall–Kier alpha value is -0.0800. The van der Waals surface area contributed by atoms with Crippen LogP contribution in [0.2, 0.25) is 0 Å². The maximum Gasteiger partial charge on any atom is 0.0218 e. The minimum Gasteiger partial charge on any atom is -0.312 e. The summed E-state index contributed by atoms with van der Waals surface area (Å²) in [6, 6.07) is 1.59. The topological polar surface area (TPSA) is 15.3 Å². The van der Waals surface area contributed by atoms with Crippen LogP contribution in [0, 0.1) is 11.8 Å². The monoisotopic (exact) mass is 224 g/mol. The van der Waals surface area contributed by atoms with Crippen LogP contribution in [0.5, 0.6) is 0 Å². The Labute approximate surface area is 101 Å². The van der Waals surface area contributed by atoms with Gasteiger partial charge in [0.15, 0.2) is 0 Å². The van der Waals surface area contributed by atoms with E-state index in [1.54, 1.807) is 0 Å². The molecule has 2 fully saturated rings. The molecule has 0 bridgehead atoms. The lowest BCUT2D eigenvalue weighted by Crippen LogP contribution is -2.43. The van der Waals surface area contributed by atoms with E-state index in [9.17, 15) is 0 Å². The first-order valence-electron chi connectivity index (χ1n) is 7.10. The van der Waals surface area contributed by atoms with Crippen LogP contribution >= 0.6 is 0 Å². The van der Waals surface area contributed by atoms with Crippen molar-refractivity contribution < 1.29 is 0 Å². The van der Waals surface area contributed by atoms with Gasteiger partial charge in [0, 0.05) is 18.6 Å². The predicted molar refractivity (Wildman–Crippen MR) is 69.6 cm³/mol. The van der Waals surface area contributed by atoms with E-state index in [0.717, 1.165) is 23.9 Å². The van der Waals surface area contributed by atoms with Crippen LogP contribution in [-0.2, 0) is 0 Å². The van der Waals surface area contributed by atoms with Gasteiger partial charge in [0.2, 0.25) is 0 Å². The van der Waals surface area contributed by atoms with Gasteiger partial charge in [0.25, 0.3) is 0 Å². The van der Waals surface area contributed by atoms with Gasteiger partial charge in [-0.25, -0.2) is 0 Å². The van der Waals surface area contributed by atoms with Crippen molar-refractivity contribution in [3.05, 3.63) is 0 Å². The van der Waals surface area contributed by atoms with Crippen molar-refractivity contribution >= 4 is 0 Å². The normalized spacial score (nSPS) is 41.4. The molecule has 2 rings (SSSR count). The van der Waals surface area contributed by atoms with E-state index in [4.69, 9.17) is 0 Å². The average molecular weight is 224 g/mol. The van der Waals surface area contributed by atoms with Crippen LogP contribution in [-0.4, -0.2) is 37.1 Å². The summed E-state index contributed by atoms with van der Waals surface area (Å²) >= 11 is 0. The lowest BCUT2D eigenvalue weighted by Gasteiger charge is -2.33. The van der Waals surface area contributed by atoms with Gasteiger partial charge in [0.1, 0.15) is 0 Å². The van der Waals surface area contributed by atoms with Gasteiger partial charge in [-0.3, -0.25) is 0 Å². The highest BCUT2D eigenvalue weighted by atomic mass is 15.2. The number of rotatable bonds is 3. The molecule has 0 amide bonds. The number of hydrogen-bond acceptors (Lipinski definition) is 2. The highest BCUT2D eigenvalue weighted by molar-refractivity contribution is 4.84. The van der Waals surface area contributed by atoms with Gasteiger partial charge in [-0.2, -0.15) is 0 Å². The van der Waals surface area contributed by atoms with E-state index in [2.05, 4.69) is 31.1 Å². The second-order valence-electron chi connectivity index (χ2n) is 6.15. The smallest absolute Gasteiger partial charge is 0.0218 e. The molecule has 2 heteroatoms. The second-order valence-corrected chi connectivity index (χ2v) is 6.15. The van der Waals surface area contributed by atoms with E-state index in [1.807, 2.05) is 0 Å². The molecule has 0 spiro atoms. The molecule has 2 nitrogen and oxygen atoms in total. The Kier molecular flexibility index (Phi) is 4.26. The Morgan fingerprint density at radius 1 is 1.12 bits per heavy atom. The van der Waals surface area contributed by atoms with Crippen LogP contribution in [0.3, 0.4) is 0 Å². The molecule has 1 saturated carbocycles. The molecule has 1 heterocycles. The molecule has 0 aromatic rings. The molecule has 94 valence electrons. The van der Waals surface area contributed by atoms with Crippen molar-refractivity contribution in [2.24, 2.45) is 11.8 Å². The Morgan fingerprint density at radius 2 is 1.94 bits per heavy atom. The van der Waals surface area contributed by atoms with Crippen LogP contribution in [0.15, 0.2) is 0 Å². The summed E-state index contributed by atoms with van der Waals surface area (Å²) in [6.45, 7) is 7.33. The first-order valence-corrected chi connectivity index (χ1v) is 7.10. The number of hydrogen-bond donors (Lipinski definition) is 1. The third-order valence-electron chi connectivity index (χ3n) is 4.91. The SMILES string of the molecule is CC1CCC(NCC2CCCN2C)CC1C. The highest BCUT2D eigenvalue weighted by Gasteiger charge is 2.26. The molecule has 0 aromatic carbocycles. The van der Waals surface area contributed by atoms with Crippen molar-refractivity contribution in [3.63, 3.8) is 0 Å². The maximum atomic E-state index is 3.80. The molecule has 1 aliphatic heterocycles. The summed E-state index contributed by atoms with van der Waals surface area (Å²) in [7, 11) is 2.27. The fourth-order valence-corrected chi connectivity index (χ4v) is 3.27. The molecule has 4 unspecified atom stereocenters. The van der Waals surface area contributed by atoms with Gasteiger partial charge in [-0.1, -0.05) is 13.8 Å². The Bertz CT molecular complexity index is 217. The standard InChI is InChI=1S/C14H28N2/c1-11-6-7-13(9-12(11)2)15-10-14-5-4-8-16(14)3/h11-15H,4-10H2,1-3H3. The highest BCUT2D eigenvalue weighted by Crippen LogP contribution is 2.29. The van der Waals surface area contributed by atoms with E-state index in [-0.39, 0.29) is 0 Å². The van der Waals surface area contributed by atoms with Crippen LogP contribution in [0.4, 0.5) is 0 Å². The van der Waals surface area contributed by atoms with Gasteiger partial charge in [-0.05, 0) is 57.5 Å². The number of likely N-dealkylation sites (N-methyl/N-ethyl adjacent to an activating group) is 1. The first-order chi connectivity index (χ1) is 7.66. The Balaban J connectivity index is 1.70. The van der Waals surface area contributed by atoms with Crippen molar-refractivity contribution in [2.75, 3.05) is 20.1 Å². The quantitative estimate of drug-likeness (QED) is 0.792. The average Bonchev–Trinajstić information content (AvgIpc) is 2.66. The Morgan fingerprint density at radius 3 is 2.56 bits per heavy atom. The van der Waals surface area contributed by atoms with Gasteiger partial charge in [-0.15, -0.1) is 0 Å². The van der Waals surface area contributed by atoms with Crippen LogP contribution in [0.25, 0.3) is 0 Å². The molecule has 2 aliphatic rings.